The lowest BCUT2D eigenvalue weighted by molar-refractivity contribution is 0.0462. The van der Waals surface area contributed by atoms with Crippen LogP contribution in [0.1, 0.15) is 47.3 Å². The summed E-state index contributed by atoms with van der Waals surface area (Å²) >= 11 is 0. The Morgan fingerprint density at radius 2 is 1.88 bits per heavy atom. The molecule has 9 heteroatoms. The average Bonchev–Trinajstić information content (AvgIpc) is 3.52. The topological polar surface area (TPSA) is 130 Å². The number of esters is 1. The summed E-state index contributed by atoms with van der Waals surface area (Å²) in [4.78, 5) is 19.8. The van der Waals surface area contributed by atoms with Crippen molar-refractivity contribution in [2.75, 3.05) is 0 Å². The van der Waals surface area contributed by atoms with E-state index < -0.39 is 5.97 Å². The van der Waals surface area contributed by atoms with Gasteiger partial charge in [0, 0.05) is 12.0 Å². The molecule has 0 radical (unpaired) electrons. The number of carbonyl (C=O) groups excluding carboxylic acids is 1. The van der Waals surface area contributed by atoms with Crippen molar-refractivity contribution in [2.24, 2.45) is 0 Å². The molecule has 4 rings (SSSR count). The lowest BCUT2D eigenvalue weighted by Crippen LogP contribution is -2.08. The number of hydrogen-bond acceptors (Lipinski definition) is 7. The summed E-state index contributed by atoms with van der Waals surface area (Å²) in [5.74, 6) is 0.655. The number of carbonyl (C=O) groups is 1. The second kappa shape index (κ2) is 9.97. The Bertz CT molecular complexity index is 1170. The fraction of sp³-hybridized carbons (Fsp3) is 0.261. The minimum absolute atomic E-state index is 0.105. The van der Waals surface area contributed by atoms with Crippen LogP contribution < -0.4 is 0 Å². The van der Waals surface area contributed by atoms with E-state index in [0.29, 0.717) is 17.3 Å². The first-order chi connectivity index (χ1) is 15.7. The number of nitrogens with zero attached hydrogens (tertiary/aromatic N) is 4. The standard InChI is InChI=1S/C23H24N6O3/c1-2-3-8-20-24-19(13-30)21(25-20)23(31)32-14-15-9-11-16(12-10-15)17-6-4-5-7-18(17)22-26-28-29-27-22/h4-7,9-12,30H,2-3,8,13-14H2,1H3,(H,24,25)(H,26,27,28,29). The van der Waals surface area contributed by atoms with E-state index in [1.54, 1.807) is 0 Å². The molecule has 32 heavy (non-hydrogen) atoms. The Morgan fingerprint density at radius 1 is 1.09 bits per heavy atom. The molecule has 2 heterocycles. The van der Waals surface area contributed by atoms with Gasteiger partial charge in [0.15, 0.2) is 5.69 Å². The summed E-state index contributed by atoms with van der Waals surface area (Å²) in [7, 11) is 0. The Balaban J connectivity index is 1.44. The van der Waals surface area contributed by atoms with E-state index in [0.717, 1.165) is 41.5 Å². The van der Waals surface area contributed by atoms with Gasteiger partial charge in [-0.3, -0.25) is 0 Å². The van der Waals surface area contributed by atoms with Crippen LogP contribution in [0.25, 0.3) is 22.5 Å². The van der Waals surface area contributed by atoms with E-state index in [9.17, 15) is 9.90 Å². The molecule has 0 atom stereocenters. The summed E-state index contributed by atoms with van der Waals surface area (Å²) in [6.45, 7) is 1.89. The number of unbranched alkanes of at least 4 members (excludes halogenated alkanes) is 1. The van der Waals surface area contributed by atoms with Crippen molar-refractivity contribution >= 4 is 5.97 Å². The lowest BCUT2D eigenvalue weighted by atomic mass is 9.98. The predicted octanol–water partition coefficient (Wildman–Crippen LogP) is 3.45. The molecule has 0 fully saturated rings. The van der Waals surface area contributed by atoms with E-state index in [2.05, 4.69) is 37.5 Å². The largest absolute Gasteiger partial charge is 0.456 e. The van der Waals surface area contributed by atoms with Crippen molar-refractivity contribution in [3.05, 3.63) is 71.3 Å². The molecule has 4 aromatic rings. The second-order valence-corrected chi connectivity index (χ2v) is 7.33. The fourth-order valence-electron chi connectivity index (χ4n) is 3.41. The quantitative estimate of drug-likeness (QED) is 0.345. The summed E-state index contributed by atoms with van der Waals surface area (Å²) < 4.78 is 5.44. The number of H-pyrrole nitrogens is 2. The summed E-state index contributed by atoms with van der Waals surface area (Å²) in [6.07, 6.45) is 2.70. The molecule has 0 aliphatic heterocycles. The molecular weight excluding hydrogens is 408 g/mol. The second-order valence-electron chi connectivity index (χ2n) is 7.33. The number of aryl methyl sites for hydroxylation is 1. The van der Waals surface area contributed by atoms with Crippen molar-refractivity contribution in [3.8, 4) is 22.5 Å². The highest BCUT2D eigenvalue weighted by Crippen LogP contribution is 2.29. The molecule has 0 aliphatic carbocycles. The SMILES string of the molecule is CCCCc1nc(C(=O)OCc2ccc(-c3ccccc3-c3nn[nH]n3)cc2)c(CO)[nH]1. The molecule has 0 aliphatic rings. The summed E-state index contributed by atoms with van der Waals surface area (Å²) in [6, 6.07) is 15.5. The van der Waals surface area contributed by atoms with Gasteiger partial charge in [-0.05, 0) is 28.3 Å². The van der Waals surface area contributed by atoms with Crippen LogP contribution in [0.5, 0.6) is 0 Å². The average molecular weight is 432 g/mol. The highest BCUT2D eigenvalue weighted by Gasteiger charge is 2.18. The first kappa shape index (κ1) is 21.4. The van der Waals surface area contributed by atoms with Crippen LogP contribution in [0, 0.1) is 0 Å². The minimum Gasteiger partial charge on any atom is -0.456 e. The number of benzene rings is 2. The van der Waals surface area contributed by atoms with Crippen LogP contribution in [0.3, 0.4) is 0 Å². The van der Waals surface area contributed by atoms with Crippen molar-refractivity contribution in [3.63, 3.8) is 0 Å². The number of aromatic amines is 2. The molecule has 0 bridgehead atoms. The van der Waals surface area contributed by atoms with Crippen molar-refractivity contribution in [1.82, 2.24) is 30.6 Å². The number of aliphatic hydroxyl groups excluding tert-OH is 1. The van der Waals surface area contributed by atoms with E-state index in [4.69, 9.17) is 4.74 Å². The van der Waals surface area contributed by atoms with Gasteiger partial charge in [-0.2, -0.15) is 5.21 Å². The summed E-state index contributed by atoms with van der Waals surface area (Å²) in [5, 5.41) is 23.8. The van der Waals surface area contributed by atoms with Gasteiger partial charge in [-0.1, -0.05) is 61.9 Å². The third-order valence-corrected chi connectivity index (χ3v) is 5.09. The first-order valence-corrected chi connectivity index (χ1v) is 10.5. The molecule has 164 valence electrons. The van der Waals surface area contributed by atoms with Gasteiger partial charge in [-0.15, -0.1) is 10.2 Å². The van der Waals surface area contributed by atoms with Gasteiger partial charge in [0.1, 0.15) is 12.4 Å². The molecular formula is C23H24N6O3. The number of nitrogens with one attached hydrogen (secondary N) is 2. The highest BCUT2D eigenvalue weighted by molar-refractivity contribution is 5.88. The van der Waals surface area contributed by atoms with Crippen LogP contribution in [-0.2, 0) is 24.4 Å². The van der Waals surface area contributed by atoms with Crippen molar-refractivity contribution < 1.29 is 14.6 Å². The number of rotatable bonds is 9. The third kappa shape index (κ3) is 4.73. The van der Waals surface area contributed by atoms with E-state index in [1.807, 2.05) is 48.5 Å². The zero-order chi connectivity index (χ0) is 22.3. The van der Waals surface area contributed by atoms with Crippen LogP contribution in [-0.4, -0.2) is 41.7 Å². The normalized spacial score (nSPS) is 10.9. The van der Waals surface area contributed by atoms with Crippen molar-refractivity contribution in [1.29, 1.82) is 0 Å². The molecule has 0 saturated heterocycles. The van der Waals surface area contributed by atoms with Gasteiger partial charge in [-0.25, -0.2) is 9.78 Å². The fourth-order valence-corrected chi connectivity index (χ4v) is 3.41. The predicted molar refractivity (Wildman–Crippen MR) is 117 cm³/mol. The minimum atomic E-state index is -0.556. The molecule has 0 amide bonds. The van der Waals surface area contributed by atoms with Crippen LogP contribution in [0.4, 0.5) is 0 Å². The van der Waals surface area contributed by atoms with Crippen LogP contribution >= 0.6 is 0 Å². The van der Waals surface area contributed by atoms with E-state index in [-0.39, 0.29) is 18.9 Å². The maximum atomic E-state index is 12.5. The van der Waals surface area contributed by atoms with E-state index in [1.165, 1.54) is 0 Å². The number of ether oxygens (including phenoxy) is 1. The zero-order valence-electron chi connectivity index (χ0n) is 17.7. The summed E-state index contributed by atoms with van der Waals surface area (Å²) in [5.41, 5.74) is 4.19. The number of imidazole rings is 1. The third-order valence-electron chi connectivity index (χ3n) is 5.09. The Kier molecular flexibility index (Phi) is 6.66. The number of aliphatic hydroxyl groups is 1. The molecule has 3 N–H and O–H groups in total. The van der Waals surface area contributed by atoms with Crippen LogP contribution in [0.15, 0.2) is 48.5 Å². The zero-order valence-corrected chi connectivity index (χ0v) is 17.7. The van der Waals surface area contributed by atoms with Gasteiger partial charge >= 0.3 is 5.97 Å². The first-order valence-electron chi connectivity index (χ1n) is 10.5. The van der Waals surface area contributed by atoms with E-state index >= 15 is 0 Å². The molecule has 0 unspecified atom stereocenters. The van der Waals surface area contributed by atoms with Gasteiger partial charge in [0.2, 0.25) is 5.82 Å². The molecule has 2 aromatic carbocycles. The molecule has 9 nitrogen and oxygen atoms in total. The van der Waals surface area contributed by atoms with Crippen molar-refractivity contribution in [2.45, 2.75) is 39.4 Å². The van der Waals surface area contributed by atoms with Gasteiger partial charge in [0.05, 0.1) is 12.3 Å². The maximum Gasteiger partial charge on any atom is 0.359 e. The smallest absolute Gasteiger partial charge is 0.359 e. The molecule has 0 spiro atoms. The number of hydrogen-bond donors (Lipinski definition) is 3. The van der Waals surface area contributed by atoms with Gasteiger partial charge < -0.3 is 14.8 Å². The lowest BCUT2D eigenvalue weighted by Gasteiger charge is -2.08. The number of tetrazole rings is 1. The maximum absolute atomic E-state index is 12.5. The Labute approximate surface area is 184 Å². The van der Waals surface area contributed by atoms with Crippen LogP contribution in [0.2, 0.25) is 0 Å². The Morgan fingerprint density at radius 3 is 2.56 bits per heavy atom. The Hall–Kier alpha value is -3.85. The van der Waals surface area contributed by atoms with Gasteiger partial charge in [0.25, 0.3) is 0 Å². The molecule has 2 aromatic heterocycles. The number of aromatic nitrogens is 6. The molecule has 0 saturated carbocycles. The monoisotopic (exact) mass is 432 g/mol. The highest BCUT2D eigenvalue weighted by atomic mass is 16.5.